The van der Waals surface area contributed by atoms with E-state index in [0.717, 1.165) is 29.5 Å². The van der Waals surface area contributed by atoms with Crippen molar-refractivity contribution < 1.29 is 13.5 Å². The van der Waals surface area contributed by atoms with Gasteiger partial charge in [-0.15, -0.1) is 0 Å². The molecule has 0 aliphatic heterocycles. The zero-order valence-electron chi connectivity index (χ0n) is 15.4. The highest BCUT2D eigenvalue weighted by Gasteiger charge is 2.10. The van der Waals surface area contributed by atoms with Crippen LogP contribution < -0.4 is 4.74 Å². The summed E-state index contributed by atoms with van der Waals surface area (Å²) in [6, 6.07) is 11.7. The Bertz CT molecular complexity index is 963. The Morgan fingerprint density at radius 2 is 1.78 bits per heavy atom. The third kappa shape index (κ3) is 5.04. The third-order valence-electron chi connectivity index (χ3n) is 3.99. The van der Waals surface area contributed by atoms with Gasteiger partial charge in [-0.2, -0.15) is 4.98 Å². The molecule has 0 bridgehead atoms. The summed E-state index contributed by atoms with van der Waals surface area (Å²) < 4.78 is 32.4. The van der Waals surface area contributed by atoms with E-state index in [2.05, 4.69) is 16.0 Å². The van der Waals surface area contributed by atoms with Gasteiger partial charge < -0.3 is 4.74 Å². The van der Waals surface area contributed by atoms with Crippen LogP contribution in [-0.2, 0) is 12.2 Å². The fourth-order valence-electron chi connectivity index (χ4n) is 2.55. The SMILES string of the molecule is CCc1cc(Oc2ccc(C)cc2C)nc(SCc2ccc(F)c(F)c2)n1. The van der Waals surface area contributed by atoms with Crippen molar-refractivity contribution in [3.05, 3.63) is 76.5 Å². The van der Waals surface area contributed by atoms with E-state index in [1.807, 2.05) is 39.0 Å². The Balaban J connectivity index is 1.79. The van der Waals surface area contributed by atoms with Gasteiger partial charge in [0, 0.05) is 17.5 Å². The molecule has 2 aromatic carbocycles. The van der Waals surface area contributed by atoms with Crippen LogP contribution in [-0.4, -0.2) is 9.97 Å². The zero-order chi connectivity index (χ0) is 19.4. The maximum Gasteiger partial charge on any atom is 0.223 e. The van der Waals surface area contributed by atoms with Crippen molar-refractivity contribution in [1.82, 2.24) is 9.97 Å². The first-order valence-corrected chi connectivity index (χ1v) is 9.63. The van der Waals surface area contributed by atoms with E-state index in [1.54, 1.807) is 6.07 Å². The molecular weight excluding hydrogens is 366 g/mol. The van der Waals surface area contributed by atoms with Crippen molar-refractivity contribution in [2.45, 2.75) is 38.1 Å². The molecule has 0 spiro atoms. The molecule has 140 valence electrons. The number of thioether (sulfide) groups is 1. The molecule has 0 saturated heterocycles. The van der Waals surface area contributed by atoms with Crippen LogP contribution in [0.15, 0.2) is 47.6 Å². The normalized spacial score (nSPS) is 10.9. The minimum Gasteiger partial charge on any atom is -0.439 e. The van der Waals surface area contributed by atoms with Gasteiger partial charge in [-0.25, -0.2) is 13.8 Å². The fraction of sp³-hybridized carbons (Fsp3) is 0.238. The highest BCUT2D eigenvalue weighted by molar-refractivity contribution is 7.98. The molecule has 1 aromatic heterocycles. The highest BCUT2D eigenvalue weighted by Crippen LogP contribution is 2.28. The van der Waals surface area contributed by atoms with E-state index in [9.17, 15) is 8.78 Å². The summed E-state index contributed by atoms with van der Waals surface area (Å²) in [5, 5.41) is 0.541. The van der Waals surface area contributed by atoms with Crippen LogP contribution in [0.1, 0.15) is 29.3 Å². The minimum atomic E-state index is -0.852. The molecule has 3 aromatic rings. The first-order chi connectivity index (χ1) is 12.9. The molecule has 0 unspecified atom stereocenters. The molecule has 1 heterocycles. The number of hydrogen-bond donors (Lipinski definition) is 0. The number of rotatable bonds is 6. The van der Waals surface area contributed by atoms with Gasteiger partial charge in [0.1, 0.15) is 5.75 Å². The minimum absolute atomic E-state index is 0.438. The average Bonchev–Trinajstić information content (AvgIpc) is 2.65. The molecule has 3 rings (SSSR count). The van der Waals surface area contributed by atoms with E-state index in [-0.39, 0.29) is 0 Å². The summed E-state index contributed by atoms with van der Waals surface area (Å²) in [4.78, 5) is 8.95. The van der Waals surface area contributed by atoms with Crippen molar-refractivity contribution in [1.29, 1.82) is 0 Å². The van der Waals surface area contributed by atoms with Crippen LogP contribution in [0.2, 0.25) is 0 Å². The molecule has 0 radical (unpaired) electrons. The van der Waals surface area contributed by atoms with Gasteiger partial charge in [-0.3, -0.25) is 0 Å². The summed E-state index contributed by atoms with van der Waals surface area (Å²) in [6.45, 7) is 6.03. The van der Waals surface area contributed by atoms with Crippen molar-refractivity contribution in [3.8, 4) is 11.6 Å². The van der Waals surface area contributed by atoms with Gasteiger partial charge in [0.25, 0.3) is 0 Å². The zero-order valence-corrected chi connectivity index (χ0v) is 16.2. The molecule has 0 N–H and O–H groups in total. The van der Waals surface area contributed by atoms with E-state index in [4.69, 9.17) is 4.74 Å². The Kier molecular flexibility index (Phi) is 6.06. The average molecular weight is 386 g/mol. The van der Waals surface area contributed by atoms with Crippen molar-refractivity contribution in [3.63, 3.8) is 0 Å². The lowest BCUT2D eigenvalue weighted by atomic mass is 10.1. The number of aromatic nitrogens is 2. The largest absolute Gasteiger partial charge is 0.439 e. The molecule has 0 aliphatic rings. The lowest BCUT2D eigenvalue weighted by Crippen LogP contribution is -1.98. The molecule has 0 saturated carbocycles. The first-order valence-electron chi connectivity index (χ1n) is 8.64. The molecule has 0 fully saturated rings. The van der Waals surface area contributed by atoms with Crippen LogP contribution in [0.25, 0.3) is 0 Å². The fourth-order valence-corrected chi connectivity index (χ4v) is 3.36. The third-order valence-corrected chi connectivity index (χ3v) is 4.91. The Hall–Kier alpha value is -2.47. The second-order valence-electron chi connectivity index (χ2n) is 6.24. The molecular formula is C21H20F2N2OS. The van der Waals surface area contributed by atoms with Gasteiger partial charge in [-0.1, -0.05) is 42.4 Å². The van der Waals surface area contributed by atoms with Crippen LogP contribution in [0.3, 0.4) is 0 Å². The van der Waals surface area contributed by atoms with Gasteiger partial charge in [0.05, 0.1) is 0 Å². The number of benzene rings is 2. The lowest BCUT2D eigenvalue weighted by Gasteiger charge is -2.11. The maximum atomic E-state index is 13.4. The van der Waals surface area contributed by atoms with E-state index >= 15 is 0 Å². The van der Waals surface area contributed by atoms with E-state index < -0.39 is 11.6 Å². The molecule has 0 atom stereocenters. The molecule has 0 aliphatic carbocycles. The lowest BCUT2D eigenvalue weighted by molar-refractivity contribution is 0.450. The van der Waals surface area contributed by atoms with Gasteiger partial charge in [-0.05, 0) is 49.6 Å². The van der Waals surface area contributed by atoms with Crippen LogP contribution in [0.5, 0.6) is 11.6 Å². The quantitative estimate of drug-likeness (QED) is 0.383. The van der Waals surface area contributed by atoms with Crippen LogP contribution in [0, 0.1) is 25.5 Å². The predicted molar refractivity (Wildman–Crippen MR) is 103 cm³/mol. The second kappa shape index (κ2) is 8.48. The number of halogens is 2. The Morgan fingerprint density at radius 3 is 2.48 bits per heavy atom. The molecule has 27 heavy (non-hydrogen) atoms. The van der Waals surface area contributed by atoms with Crippen molar-refractivity contribution in [2.24, 2.45) is 0 Å². The number of aryl methyl sites for hydroxylation is 3. The predicted octanol–water partition coefficient (Wildman–Crippen LogP) is 6.02. The summed E-state index contributed by atoms with van der Waals surface area (Å²) >= 11 is 1.36. The second-order valence-corrected chi connectivity index (χ2v) is 7.18. The first kappa shape index (κ1) is 19.3. The number of ether oxygens (including phenoxy) is 1. The molecule has 6 heteroatoms. The standard InChI is InChI=1S/C21H20F2N2OS/c1-4-16-11-20(26-19-8-5-13(2)9-14(19)3)25-21(24-16)27-12-15-6-7-17(22)18(23)10-15/h5-11H,4,12H2,1-3H3. The van der Waals surface area contributed by atoms with Crippen molar-refractivity contribution in [2.75, 3.05) is 0 Å². The Morgan fingerprint density at radius 1 is 0.963 bits per heavy atom. The van der Waals surface area contributed by atoms with E-state index in [1.165, 1.54) is 23.4 Å². The van der Waals surface area contributed by atoms with Gasteiger partial charge >= 0.3 is 0 Å². The molecule has 0 amide bonds. The van der Waals surface area contributed by atoms with Gasteiger partial charge in [0.2, 0.25) is 5.88 Å². The smallest absolute Gasteiger partial charge is 0.223 e. The molecule has 3 nitrogen and oxygen atoms in total. The monoisotopic (exact) mass is 386 g/mol. The summed E-state index contributed by atoms with van der Waals surface area (Å²) in [7, 11) is 0. The van der Waals surface area contributed by atoms with Crippen molar-refractivity contribution >= 4 is 11.8 Å². The number of hydrogen-bond acceptors (Lipinski definition) is 4. The maximum absolute atomic E-state index is 13.4. The topological polar surface area (TPSA) is 35.0 Å². The van der Waals surface area contributed by atoms with Crippen LogP contribution in [0.4, 0.5) is 8.78 Å². The van der Waals surface area contributed by atoms with Crippen LogP contribution >= 0.6 is 11.8 Å². The highest BCUT2D eigenvalue weighted by atomic mass is 32.2. The Labute approximate surface area is 161 Å². The summed E-state index contributed by atoms with van der Waals surface area (Å²) in [6.07, 6.45) is 0.741. The van der Waals surface area contributed by atoms with Gasteiger partial charge in [0.15, 0.2) is 16.8 Å². The van der Waals surface area contributed by atoms with E-state index in [0.29, 0.717) is 22.4 Å². The summed E-state index contributed by atoms with van der Waals surface area (Å²) in [5.41, 5.74) is 3.72. The number of nitrogens with zero attached hydrogens (tertiary/aromatic N) is 2. The summed E-state index contributed by atoms with van der Waals surface area (Å²) in [5.74, 6) is -0.0419.